The Kier molecular flexibility index (Phi) is 63.1. The monoisotopic (exact) mass is 1150 g/mol. The number of hydrogen-bond acceptors (Lipinski definition) is 8. The third kappa shape index (κ3) is 65.7. The molecular weight excluding hydrogens is 1030 g/mol. The Labute approximate surface area is 499 Å². The minimum absolute atomic E-state index is 0.0496. The van der Waals surface area contributed by atoms with Crippen LogP contribution in [0.2, 0.25) is 0 Å². The van der Waals surface area contributed by atoms with E-state index in [1.807, 2.05) is 0 Å². The van der Waals surface area contributed by atoms with E-state index in [9.17, 15) is 19.0 Å². The third-order valence-electron chi connectivity index (χ3n) is 14.2. The van der Waals surface area contributed by atoms with Gasteiger partial charge in [-0.05, 0) is 96.3 Å². The van der Waals surface area contributed by atoms with Gasteiger partial charge in [0.1, 0.15) is 6.61 Å². The number of unbranched alkanes of at least 4 members (excludes halogenated alkanes) is 31. The van der Waals surface area contributed by atoms with Gasteiger partial charge in [0.25, 0.3) is 0 Å². The lowest BCUT2D eigenvalue weighted by Crippen LogP contribution is -2.29. The standard InChI is InChI=1S/C71H124NO8P/c1-3-5-7-9-11-13-15-17-19-21-23-25-26-27-28-29-30-31-32-33-34-35-36-37-38-39-40-41-42-44-46-48-50-52-54-56-58-60-62-64-71(74)80-69(68-79-81(75,76)78-66-65-72)67-77-70(73)63-61-59-57-55-53-51-49-47-45-43-24-22-20-18-16-14-12-10-8-6-4-2/h5-8,11-14,17-20,23-25,27-28,43,69H,3-4,9-10,15-16,21-22,26,29-42,44-68,72H2,1-2H3,(H,75,76)/b7-5-,8-6-,13-11-,14-12-,19-17-,20-18-,25-23-,28-27-,43-24-. The number of hydrogen-bond donors (Lipinski definition) is 2. The molecule has 2 atom stereocenters. The average molecular weight is 1150 g/mol. The van der Waals surface area contributed by atoms with Crippen molar-refractivity contribution in [2.75, 3.05) is 26.4 Å². The number of carbonyl (C=O) groups excluding carboxylic acids is 2. The lowest BCUT2D eigenvalue weighted by atomic mass is 10.0. The molecule has 0 aromatic rings. The molecule has 0 saturated heterocycles. The smallest absolute Gasteiger partial charge is 0.462 e. The summed E-state index contributed by atoms with van der Waals surface area (Å²) < 4.78 is 33.1. The zero-order chi connectivity index (χ0) is 58.7. The van der Waals surface area contributed by atoms with Gasteiger partial charge < -0.3 is 20.1 Å². The Morgan fingerprint density at radius 1 is 0.370 bits per heavy atom. The second-order valence-electron chi connectivity index (χ2n) is 21.9. The van der Waals surface area contributed by atoms with Crippen LogP contribution in [0.15, 0.2) is 109 Å². The van der Waals surface area contributed by atoms with Crippen molar-refractivity contribution in [1.29, 1.82) is 0 Å². The van der Waals surface area contributed by atoms with Gasteiger partial charge in [0.05, 0.1) is 13.2 Å². The normalized spacial score (nSPS) is 13.7. The van der Waals surface area contributed by atoms with Crippen molar-refractivity contribution in [1.82, 2.24) is 0 Å². The molecular formula is C71H124NO8P. The summed E-state index contributed by atoms with van der Waals surface area (Å²) in [4.78, 5) is 35.3. The van der Waals surface area contributed by atoms with Gasteiger partial charge in [-0.2, -0.15) is 0 Å². The number of esters is 2. The van der Waals surface area contributed by atoms with E-state index in [0.717, 1.165) is 109 Å². The first kappa shape index (κ1) is 77.7. The van der Waals surface area contributed by atoms with Gasteiger partial charge in [0.15, 0.2) is 6.10 Å². The largest absolute Gasteiger partial charge is 0.472 e. The summed E-state index contributed by atoms with van der Waals surface area (Å²) in [7, 11) is -4.40. The summed E-state index contributed by atoms with van der Waals surface area (Å²) in [5, 5.41) is 0. The van der Waals surface area contributed by atoms with Crippen LogP contribution >= 0.6 is 7.82 Å². The number of allylic oxidation sites excluding steroid dienone is 18. The summed E-state index contributed by atoms with van der Waals surface area (Å²) in [6, 6.07) is 0. The minimum atomic E-state index is -4.40. The van der Waals surface area contributed by atoms with Gasteiger partial charge in [0, 0.05) is 19.4 Å². The zero-order valence-electron chi connectivity index (χ0n) is 52.2. The molecule has 2 unspecified atom stereocenters. The molecule has 0 saturated carbocycles. The van der Waals surface area contributed by atoms with E-state index in [4.69, 9.17) is 24.3 Å². The second-order valence-corrected chi connectivity index (χ2v) is 23.4. The third-order valence-corrected chi connectivity index (χ3v) is 15.1. The summed E-state index contributed by atoms with van der Waals surface area (Å²) in [5.41, 5.74) is 5.39. The van der Waals surface area contributed by atoms with E-state index in [2.05, 4.69) is 123 Å². The predicted octanol–water partition coefficient (Wildman–Crippen LogP) is 21.7. The van der Waals surface area contributed by atoms with Gasteiger partial charge in [-0.15, -0.1) is 0 Å². The molecule has 0 spiro atoms. The SMILES string of the molecule is CC/C=C\C/C=C\C/C=C\C/C=C\C/C=C\CCCCCCCCCCCCCCCCCCCCCCCCCC(=O)OC(COC(=O)CCCCCCCCCC/C=C\C/C=C\C/C=C\C/C=C\CC)COP(=O)(O)OCCN. The van der Waals surface area contributed by atoms with Crippen LogP contribution in [-0.2, 0) is 32.7 Å². The van der Waals surface area contributed by atoms with Crippen LogP contribution < -0.4 is 5.73 Å². The van der Waals surface area contributed by atoms with E-state index in [-0.39, 0.29) is 38.6 Å². The van der Waals surface area contributed by atoms with Gasteiger partial charge in [-0.25, -0.2) is 4.57 Å². The fraction of sp³-hybridized carbons (Fsp3) is 0.718. The van der Waals surface area contributed by atoms with E-state index in [1.165, 1.54) is 154 Å². The molecule has 9 nitrogen and oxygen atoms in total. The zero-order valence-corrected chi connectivity index (χ0v) is 53.1. The number of phosphoric ester groups is 1. The molecule has 0 rings (SSSR count). The van der Waals surface area contributed by atoms with Gasteiger partial charge in [0.2, 0.25) is 0 Å². The lowest BCUT2D eigenvalue weighted by Gasteiger charge is -2.19. The molecule has 0 aliphatic rings. The van der Waals surface area contributed by atoms with Gasteiger partial charge in [-0.1, -0.05) is 297 Å². The maximum Gasteiger partial charge on any atom is 0.472 e. The van der Waals surface area contributed by atoms with Crippen LogP contribution in [0.5, 0.6) is 0 Å². The van der Waals surface area contributed by atoms with Gasteiger partial charge >= 0.3 is 19.8 Å². The highest BCUT2D eigenvalue weighted by Crippen LogP contribution is 2.43. The highest BCUT2D eigenvalue weighted by molar-refractivity contribution is 7.47. The first-order valence-electron chi connectivity index (χ1n) is 33.4. The molecule has 0 aliphatic heterocycles. The van der Waals surface area contributed by atoms with Crippen molar-refractivity contribution < 1.29 is 37.6 Å². The van der Waals surface area contributed by atoms with Crippen molar-refractivity contribution in [2.45, 2.75) is 302 Å². The Hall–Kier alpha value is -3.33. The van der Waals surface area contributed by atoms with Crippen molar-refractivity contribution >= 4 is 19.8 Å². The summed E-state index contributed by atoms with van der Waals surface area (Å²) in [6.07, 6.45) is 90.4. The van der Waals surface area contributed by atoms with Crippen LogP contribution in [0.25, 0.3) is 0 Å². The molecule has 0 bridgehead atoms. The van der Waals surface area contributed by atoms with Crippen molar-refractivity contribution in [2.24, 2.45) is 5.73 Å². The number of carbonyl (C=O) groups is 2. The maximum absolute atomic E-state index is 12.7. The van der Waals surface area contributed by atoms with E-state index < -0.39 is 26.5 Å². The number of ether oxygens (including phenoxy) is 2. The summed E-state index contributed by atoms with van der Waals surface area (Å²) in [5.74, 6) is -0.830. The Bertz CT molecular complexity index is 1690. The molecule has 0 amide bonds. The first-order valence-corrected chi connectivity index (χ1v) is 34.9. The van der Waals surface area contributed by atoms with E-state index in [0.29, 0.717) is 6.42 Å². The average Bonchev–Trinajstić information content (AvgIpc) is 3.46. The Balaban J connectivity index is 3.83. The maximum atomic E-state index is 12.7. The quantitative estimate of drug-likeness (QED) is 0.0264. The predicted molar refractivity (Wildman–Crippen MR) is 348 cm³/mol. The molecule has 0 aromatic heterocycles. The summed E-state index contributed by atoms with van der Waals surface area (Å²) in [6.45, 7) is 3.53. The number of nitrogens with two attached hydrogens (primary N) is 1. The Morgan fingerprint density at radius 3 is 0.951 bits per heavy atom. The molecule has 81 heavy (non-hydrogen) atoms. The lowest BCUT2D eigenvalue weighted by molar-refractivity contribution is -0.161. The Morgan fingerprint density at radius 2 is 0.642 bits per heavy atom. The number of rotatable bonds is 62. The van der Waals surface area contributed by atoms with Gasteiger partial charge in [-0.3, -0.25) is 18.6 Å². The fourth-order valence-electron chi connectivity index (χ4n) is 9.30. The molecule has 10 heteroatoms. The van der Waals surface area contributed by atoms with Crippen LogP contribution in [0, 0.1) is 0 Å². The van der Waals surface area contributed by atoms with E-state index >= 15 is 0 Å². The molecule has 3 N–H and O–H groups in total. The van der Waals surface area contributed by atoms with Crippen LogP contribution in [-0.4, -0.2) is 49.3 Å². The fourth-order valence-corrected chi connectivity index (χ4v) is 10.1. The van der Waals surface area contributed by atoms with Crippen LogP contribution in [0.1, 0.15) is 296 Å². The highest BCUT2D eigenvalue weighted by Gasteiger charge is 2.26. The number of phosphoric acid groups is 1. The molecule has 0 heterocycles. The van der Waals surface area contributed by atoms with Crippen LogP contribution in [0.4, 0.5) is 0 Å². The minimum Gasteiger partial charge on any atom is -0.462 e. The summed E-state index contributed by atoms with van der Waals surface area (Å²) >= 11 is 0. The van der Waals surface area contributed by atoms with Crippen molar-refractivity contribution in [3.05, 3.63) is 109 Å². The van der Waals surface area contributed by atoms with Crippen molar-refractivity contribution in [3.8, 4) is 0 Å². The molecule has 0 radical (unpaired) electrons. The van der Waals surface area contributed by atoms with Crippen LogP contribution in [0.3, 0.4) is 0 Å². The topological polar surface area (TPSA) is 134 Å². The molecule has 0 aromatic carbocycles. The highest BCUT2D eigenvalue weighted by atomic mass is 31.2. The van der Waals surface area contributed by atoms with E-state index in [1.54, 1.807) is 0 Å². The molecule has 0 fully saturated rings. The second kappa shape index (κ2) is 65.8. The molecule has 0 aliphatic carbocycles. The first-order chi connectivity index (χ1) is 39.8. The molecule has 466 valence electrons. The van der Waals surface area contributed by atoms with Crippen molar-refractivity contribution in [3.63, 3.8) is 0 Å².